The van der Waals surface area contributed by atoms with Gasteiger partial charge in [0.05, 0.1) is 7.11 Å². The molecule has 31 heavy (non-hydrogen) atoms. The van der Waals surface area contributed by atoms with Gasteiger partial charge in [-0.1, -0.05) is 33.5 Å². The van der Waals surface area contributed by atoms with Crippen molar-refractivity contribution in [1.82, 2.24) is 15.1 Å². The van der Waals surface area contributed by atoms with E-state index in [0.29, 0.717) is 25.6 Å². The van der Waals surface area contributed by atoms with Gasteiger partial charge in [-0.15, -0.1) is 0 Å². The molecule has 8 heteroatoms. The van der Waals surface area contributed by atoms with Gasteiger partial charge in [0.1, 0.15) is 11.2 Å². The van der Waals surface area contributed by atoms with Crippen LogP contribution in [0.25, 0.3) is 0 Å². The summed E-state index contributed by atoms with van der Waals surface area (Å²) in [6.07, 6.45) is 0.586. The van der Waals surface area contributed by atoms with Gasteiger partial charge >= 0.3 is 6.03 Å². The van der Waals surface area contributed by atoms with Crippen molar-refractivity contribution in [2.45, 2.75) is 31.0 Å². The van der Waals surface area contributed by atoms with E-state index < -0.39 is 5.41 Å². The van der Waals surface area contributed by atoms with Crippen LogP contribution in [0.1, 0.15) is 17.5 Å². The minimum Gasteiger partial charge on any atom is -0.497 e. The standard InChI is InChI=1S/C23H30FN4O2P/c1-30-21-8-4-17(5-9-21)13-25-22(29)26-19-6-2-18(3-7-19)14-27-10-11-28-16-23(24,31)12-20(28)15-27/h2-9,20H,10-16,31H2,1H3,(H2,25,26,29). The lowest BCUT2D eigenvalue weighted by Gasteiger charge is -2.37. The maximum atomic E-state index is 14.3. The van der Waals surface area contributed by atoms with E-state index in [-0.39, 0.29) is 6.03 Å². The molecular weight excluding hydrogens is 414 g/mol. The Morgan fingerprint density at radius 2 is 1.87 bits per heavy atom. The van der Waals surface area contributed by atoms with Crippen molar-refractivity contribution in [3.8, 4) is 5.75 Å². The fourth-order valence-corrected chi connectivity index (χ4v) is 4.86. The molecule has 2 aliphatic rings. The average molecular weight is 444 g/mol. The third-order valence-corrected chi connectivity index (χ3v) is 6.38. The molecule has 2 aliphatic heterocycles. The number of anilines is 1. The summed E-state index contributed by atoms with van der Waals surface area (Å²) in [5.41, 5.74) is 2.94. The van der Waals surface area contributed by atoms with Crippen LogP contribution in [0.2, 0.25) is 0 Å². The molecule has 0 saturated carbocycles. The first kappa shape index (κ1) is 22.0. The molecule has 2 fully saturated rings. The number of rotatable bonds is 6. The predicted octanol–water partition coefficient (Wildman–Crippen LogP) is 3.45. The molecule has 2 saturated heterocycles. The van der Waals surface area contributed by atoms with Gasteiger partial charge in [0.2, 0.25) is 0 Å². The number of halogens is 1. The van der Waals surface area contributed by atoms with Crippen LogP contribution in [0, 0.1) is 0 Å². The highest BCUT2D eigenvalue weighted by molar-refractivity contribution is 7.18. The number of alkyl halides is 1. The van der Waals surface area contributed by atoms with Gasteiger partial charge < -0.3 is 15.4 Å². The van der Waals surface area contributed by atoms with E-state index in [1.165, 1.54) is 5.56 Å². The lowest BCUT2D eigenvalue weighted by Crippen LogP contribution is -2.49. The second-order valence-corrected chi connectivity index (χ2v) is 9.49. The summed E-state index contributed by atoms with van der Waals surface area (Å²) in [6.45, 7) is 4.57. The summed E-state index contributed by atoms with van der Waals surface area (Å²) in [5.74, 6) is 0.790. The molecule has 0 aliphatic carbocycles. The SMILES string of the molecule is COc1ccc(CNC(=O)Nc2ccc(CN3CCN4CC(F)(P)CC4C3)cc2)cc1. The summed E-state index contributed by atoms with van der Waals surface area (Å²) in [5, 5.41) is 4.59. The minimum atomic E-state index is -1.14. The van der Waals surface area contributed by atoms with Crippen molar-refractivity contribution in [2.75, 3.05) is 38.6 Å². The molecule has 2 N–H and O–H groups in total. The number of benzene rings is 2. The van der Waals surface area contributed by atoms with Gasteiger partial charge in [-0.05, 0) is 35.4 Å². The van der Waals surface area contributed by atoms with Crippen LogP contribution < -0.4 is 15.4 Å². The number of urea groups is 1. The number of carbonyl (C=O) groups excluding carboxylic acids is 1. The average Bonchev–Trinajstić information content (AvgIpc) is 3.07. The summed E-state index contributed by atoms with van der Waals surface area (Å²) < 4.78 is 19.4. The minimum absolute atomic E-state index is 0.243. The largest absolute Gasteiger partial charge is 0.497 e. The Kier molecular flexibility index (Phi) is 6.75. The highest BCUT2D eigenvalue weighted by Crippen LogP contribution is 2.37. The number of hydrogen-bond acceptors (Lipinski definition) is 4. The predicted molar refractivity (Wildman–Crippen MR) is 124 cm³/mol. The van der Waals surface area contributed by atoms with E-state index in [1.807, 2.05) is 48.5 Å². The third kappa shape index (κ3) is 5.94. The van der Waals surface area contributed by atoms with Crippen molar-refractivity contribution in [3.05, 3.63) is 59.7 Å². The zero-order valence-electron chi connectivity index (χ0n) is 17.8. The molecule has 0 spiro atoms. The van der Waals surface area contributed by atoms with Crippen LogP contribution in [-0.4, -0.2) is 60.6 Å². The smallest absolute Gasteiger partial charge is 0.319 e. The molecule has 2 amide bonds. The summed E-state index contributed by atoms with van der Waals surface area (Å²) in [7, 11) is 4.01. The van der Waals surface area contributed by atoms with E-state index in [1.54, 1.807) is 7.11 Å². The Labute approximate surface area is 185 Å². The Hall–Kier alpha value is -2.21. The van der Waals surface area contributed by atoms with Crippen molar-refractivity contribution >= 4 is 21.0 Å². The van der Waals surface area contributed by atoms with Crippen molar-refractivity contribution in [1.29, 1.82) is 0 Å². The molecular formula is C23H30FN4O2P. The number of fused-ring (bicyclic) bond motifs is 1. The number of methoxy groups -OCH3 is 1. The first-order chi connectivity index (χ1) is 14.9. The van der Waals surface area contributed by atoms with Crippen LogP contribution >= 0.6 is 9.24 Å². The normalized spacial score (nSPS) is 23.9. The molecule has 166 valence electrons. The summed E-state index contributed by atoms with van der Waals surface area (Å²) in [4.78, 5) is 16.8. The Morgan fingerprint density at radius 3 is 2.58 bits per heavy atom. The van der Waals surface area contributed by atoms with Crippen LogP contribution in [0.3, 0.4) is 0 Å². The Balaban J connectivity index is 1.23. The zero-order chi connectivity index (χ0) is 21.8. The fraction of sp³-hybridized carbons (Fsp3) is 0.435. The molecule has 2 aromatic rings. The van der Waals surface area contributed by atoms with E-state index >= 15 is 0 Å². The van der Waals surface area contributed by atoms with Gasteiger partial charge in [-0.3, -0.25) is 9.80 Å². The van der Waals surface area contributed by atoms with Crippen LogP contribution in [0.4, 0.5) is 14.9 Å². The van der Waals surface area contributed by atoms with Gasteiger partial charge in [0, 0.05) is 57.4 Å². The number of piperazine rings is 1. The maximum Gasteiger partial charge on any atom is 0.319 e. The molecule has 6 nitrogen and oxygen atoms in total. The van der Waals surface area contributed by atoms with Crippen LogP contribution in [0.15, 0.2) is 48.5 Å². The number of nitrogens with one attached hydrogen (secondary N) is 2. The lowest BCUT2D eigenvalue weighted by atomic mass is 10.1. The molecule has 3 unspecified atom stereocenters. The van der Waals surface area contributed by atoms with Crippen molar-refractivity contribution in [3.63, 3.8) is 0 Å². The number of nitrogens with zero attached hydrogens (tertiary/aromatic N) is 2. The highest BCUT2D eigenvalue weighted by atomic mass is 31.0. The third-order valence-electron chi connectivity index (χ3n) is 5.96. The molecule has 3 atom stereocenters. The first-order valence-corrected chi connectivity index (χ1v) is 11.2. The molecule has 2 aromatic carbocycles. The fourth-order valence-electron chi connectivity index (χ4n) is 4.35. The van der Waals surface area contributed by atoms with Crippen LogP contribution in [0.5, 0.6) is 5.75 Å². The lowest BCUT2D eigenvalue weighted by molar-refractivity contribution is 0.0984. The van der Waals surface area contributed by atoms with Gasteiger partial charge in [-0.2, -0.15) is 0 Å². The molecule has 0 aromatic heterocycles. The maximum absolute atomic E-state index is 14.3. The molecule has 0 radical (unpaired) electrons. The monoisotopic (exact) mass is 444 g/mol. The van der Waals surface area contributed by atoms with Gasteiger partial charge in [0.25, 0.3) is 0 Å². The van der Waals surface area contributed by atoms with Crippen LogP contribution in [-0.2, 0) is 13.1 Å². The van der Waals surface area contributed by atoms with Crippen molar-refractivity contribution < 1.29 is 13.9 Å². The Bertz CT molecular complexity index is 891. The van der Waals surface area contributed by atoms with E-state index in [2.05, 4.69) is 29.7 Å². The van der Waals surface area contributed by atoms with E-state index in [4.69, 9.17) is 4.74 Å². The Morgan fingerprint density at radius 1 is 1.16 bits per heavy atom. The highest BCUT2D eigenvalue weighted by Gasteiger charge is 2.43. The quantitative estimate of drug-likeness (QED) is 0.671. The molecule has 0 bridgehead atoms. The van der Waals surface area contributed by atoms with Crippen molar-refractivity contribution in [2.24, 2.45) is 0 Å². The van der Waals surface area contributed by atoms with E-state index in [0.717, 1.165) is 43.2 Å². The number of hydrogen-bond donors (Lipinski definition) is 2. The molecule has 4 rings (SSSR count). The topological polar surface area (TPSA) is 56.8 Å². The molecule has 2 heterocycles. The van der Waals surface area contributed by atoms with E-state index in [9.17, 15) is 9.18 Å². The summed E-state index contributed by atoms with van der Waals surface area (Å²) >= 11 is 0. The number of carbonyl (C=O) groups is 1. The van der Waals surface area contributed by atoms with Gasteiger partial charge in [0.15, 0.2) is 0 Å². The summed E-state index contributed by atoms with van der Waals surface area (Å²) in [6, 6.07) is 15.6. The number of amides is 2. The first-order valence-electron chi connectivity index (χ1n) is 10.6. The number of ether oxygens (including phenoxy) is 1. The van der Waals surface area contributed by atoms with Gasteiger partial charge in [-0.25, -0.2) is 9.18 Å². The second kappa shape index (κ2) is 9.51. The second-order valence-electron chi connectivity index (χ2n) is 8.45. The zero-order valence-corrected chi connectivity index (χ0v) is 19.0.